The lowest BCUT2D eigenvalue weighted by molar-refractivity contribution is 0.00426. The van der Waals surface area contributed by atoms with Gasteiger partial charge in [0.1, 0.15) is 47.0 Å². The summed E-state index contributed by atoms with van der Waals surface area (Å²) in [5.41, 5.74) is -0.464. The van der Waals surface area contributed by atoms with E-state index >= 15 is 8.78 Å². The first-order valence-corrected chi connectivity index (χ1v) is 20.4. The fourth-order valence-corrected chi connectivity index (χ4v) is 10.5. The van der Waals surface area contributed by atoms with Crippen molar-refractivity contribution in [3.63, 3.8) is 0 Å². The number of rotatable bonds is 8. The van der Waals surface area contributed by atoms with Crippen molar-refractivity contribution in [1.29, 1.82) is 0 Å². The number of piperazine rings is 1. The minimum Gasteiger partial charge on any atom is -0.468 e. The largest absolute Gasteiger partial charge is 0.468 e. The molecule has 2 aromatic carbocycles. The SMILES string of the molecule is C#Cc1c(F)ccc2cc(OCOC)cc(-c3nc4c5c(nc(OC[C@@]67CCCN6C[C@H](F)C7)nc5c3F)N3C[C@H]5CC[C@@H]([C@@H]3[C@H](CC)C4)N5C(=O)OC(C)(C)C)c12. The number of terminal acetylenes is 1. The van der Waals surface area contributed by atoms with Crippen molar-refractivity contribution in [3.8, 4) is 35.4 Å². The fourth-order valence-electron chi connectivity index (χ4n) is 10.5. The van der Waals surface area contributed by atoms with E-state index in [-0.39, 0.29) is 71.9 Å². The van der Waals surface area contributed by atoms with E-state index in [1.54, 1.807) is 18.2 Å². The molecule has 5 aliphatic heterocycles. The van der Waals surface area contributed by atoms with Crippen LogP contribution in [0.3, 0.4) is 0 Å². The van der Waals surface area contributed by atoms with Gasteiger partial charge in [-0.15, -0.1) is 6.42 Å². The average molecular weight is 799 g/mol. The van der Waals surface area contributed by atoms with E-state index in [0.717, 1.165) is 38.6 Å². The fraction of sp³-hybridized carbons (Fsp3) is 0.545. The number of alkyl halides is 1. The van der Waals surface area contributed by atoms with Crippen LogP contribution in [0.2, 0.25) is 0 Å². The number of hydrogen-bond acceptors (Lipinski definition) is 10. The van der Waals surface area contributed by atoms with Crippen LogP contribution in [0.15, 0.2) is 24.3 Å². The van der Waals surface area contributed by atoms with E-state index in [2.05, 4.69) is 22.6 Å². The Morgan fingerprint density at radius 3 is 2.67 bits per heavy atom. The lowest BCUT2D eigenvalue weighted by Crippen LogP contribution is -2.64. The molecule has 4 aromatic rings. The quantitative estimate of drug-likeness (QED) is 0.131. The molecule has 0 saturated carbocycles. The van der Waals surface area contributed by atoms with E-state index in [1.165, 1.54) is 13.2 Å². The Hall–Kier alpha value is -4.87. The van der Waals surface area contributed by atoms with Crippen LogP contribution in [0, 0.1) is 29.9 Å². The summed E-state index contributed by atoms with van der Waals surface area (Å²) >= 11 is 0. The maximum atomic E-state index is 17.8. The minimum absolute atomic E-state index is 0.00279. The number of amides is 1. The number of fused-ring (bicyclic) bond motifs is 7. The topological polar surface area (TPSA) is 102 Å². The zero-order valence-electron chi connectivity index (χ0n) is 33.6. The average Bonchev–Trinajstić information content (AvgIpc) is 3.80. The number of nitrogens with zero attached hydrogens (tertiary/aromatic N) is 6. The van der Waals surface area contributed by atoms with Crippen LogP contribution in [0.1, 0.15) is 77.5 Å². The smallest absolute Gasteiger partial charge is 0.410 e. The molecule has 4 fully saturated rings. The van der Waals surface area contributed by atoms with Crippen molar-refractivity contribution in [2.24, 2.45) is 5.92 Å². The van der Waals surface area contributed by atoms with E-state index in [9.17, 15) is 9.18 Å². The Labute approximate surface area is 336 Å². The molecular formula is C44H49F3N6O5. The first-order chi connectivity index (χ1) is 27.8. The summed E-state index contributed by atoms with van der Waals surface area (Å²) in [6, 6.07) is 5.56. The number of carbonyl (C=O) groups excluding carboxylic acids is 1. The molecule has 5 aliphatic rings. The zero-order valence-corrected chi connectivity index (χ0v) is 33.6. The molecule has 0 unspecified atom stereocenters. The van der Waals surface area contributed by atoms with Gasteiger partial charge in [0.25, 0.3) is 0 Å². The summed E-state index contributed by atoms with van der Waals surface area (Å²) < 4.78 is 71.4. The molecule has 306 valence electrons. The van der Waals surface area contributed by atoms with Crippen LogP contribution in [0.5, 0.6) is 11.8 Å². The first-order valence-electron chi connectivity index (χ1n) is 20.4. The van der Waals surface area contributed by atoms with Gasteiger partial charge in [-0.2, -0.15) is 9.97 Å². The Kier molecular flexibility index (Phi) is 9.62. The highest BCUT2D eigenvalue weighted by Crippen LogP contribution is 2.48. The summed E-state index contributed by atoms with van der Waals surface area (Å²) in [6.07, 6.45) is 9.36. The second-order valence-corrected chi connectivity index (χ2v) is 17.5. The lowest BCUT2D eigenvalue weighted by atomic mass is 9.85. The predicted molar refractivity (Wildman–Crippen MR) is 213 cm³/mol. The first kappa shape index (κ1) is 38.6. The van der Waals surface area contributed by atoms with Gasteiger partial charge < -0.3 is 23.8 Å². The van der Waals surface area contributed by atoms with Crippen LogP contribution in [-0.4, -0.2) is 106 Å². The van der Waals surface area contributed by atoms with Crippen LogP contribution in [0.4, 0.5) is 23.8 Å². The van der Waals surface area contributed by atoms with Crippen LogP contribution < -0.4 is 14.4 Å². The molecule has 11 nitrogen and oxygen atoms in total. The Balaban J connectivity index is 1.24. The number of pyridine rings is 1. The molecule has 9 rings (SSSR count). The van der Waals surface area contributed by atoms with Gasteiger partial charge in [0.2, 0.25) is 0 Å². The third-order valence-corrected chi connectivity index (χ3v) is 12.9. The third-order valence-electron chi connectivity index (χ3n) is 12.9. The molecule has 0 aliphatic carbocycles. The summed E-state index contributed by atoms with van der Waals surface area (Å²) in [4.78, 5) is 35.1. The Morgan fingerprint density at radius 2 is 1.91 bits per heavy atom. The van der Waals surface area contributed by atoms with Crippen molar-refractivity contribution in [1.82, 2.24) is 24.8 Å². The number of halogens is 3. The van der Waals surface area contributed by atoms with Gasteiger partial charge in [0.15, 0.2) is 12.6 Å². The van der Waals surface area contributed by atoms with Crippen LogP contribution in [0.25, 0.3) is 32.9 Å². The molecular weight excluding hydrogens is 750 g/mol. The molecule has 7 heterocycles. The molecule has 0 spiro atoms. The van der Waals surface area contributed by atoms with Gasteiger partial charge >= 0.3 is 12.1 Å². The third kappa shape index (κ3) is 6.36. The standard InChI is InChI=1S/C44H49F3N6O5/c1-7-24-17-32-35-38(36(47)37(48-32)30-18-28(57-23-55-6)16-25-10-12-31(46)29(8-2)34(25)30)49-41(56-22-44-14-9-15-51(44)20-26(45)19-44)50-40(35)52-21-27-11-13-33(39(24)52)53(27)42(54)58-43(3,4)5/h2,10,12,16,18,24,26-27,33,39H,7,9,11,13-15,17,19-23H2,1,3-6H3/t24-,26-,27-,33+,39+,44+/m1/s1. The van der Waals surface area contributed by atoms with Crippen molar-refractivity contribution >= 4 is 33.6 Å². The number of benzene rings is 2. The number of anilines is 1. The van der Waals surface area contributed by atoms with Crippen molar-refractivity contribution in [2.45, 2.75) is 108 Å². The molecule has 4 saturated heterocycles. The molecule has 2 bridgehead atoms. The van der Waals surface area contributed by atoms with E-state index in [0.29, 0.717) is 59.4 Å². The summed E-state index contributed by atoms with van der Waals surface area (Å²) in [5, 5.41) is 1.30. The van der Waals surface area contributed by atoms with Crippen molar-refractivity contribution < 1.29 is 36.9 Å². The molecule has 1 amide bonds. The van der Waals surface area contributed by atoms with Crippen molar-refractivity contribution in [2.75, 3.05) is 45.0 Å². The van der Waals surface area contributed by atoms with Crippen LogP contribution >= 0.6 is 0 Å². The highest BCUT2D eigenvalue weighted by atomic mass is 19.1. The maximum Gasteiger partial charge on any atom is 0.410 e. The Bertz CT molecular complexity index is 2350. The number of carbonyl (C=O) groups is 1. The van der Waals surface area contributed by atoms with Gasteiger partial charge in [0.05, 0.1) is 40.3 Å². The van der Waals surface area contributed by atoms with Gasteiger partial charge in [-0.3, -0.25) is 9.80 Å². The predicted octanol–water partition coefficient (Wildman–Crippen LogP) is 7.58. The summed E-state index contributed by atoms with van der Waals surface area (Å²) in [7, 11) is 1.49. The number of aromatic nitrogens is 3. The van der Waals surface area contributed by atoms with Gasteiger partial charge in [-0.05, 0) is 88.9 Å². The number of ether oxygens (including phenoxy) is 4. The normalized spacial score (nSPS) is 26.4. The molecule has 0 N–H and O–H groups in total. The Morgan fingerprint density at radius 1 is 1.09 bits per heavy atom. The van der Waals surface area contributed by atoms with Gasteiger partial charge in [-0.25, -0.2) is 22.9 Å². The van der Waals surface area contributed by atoms with Gasteiger partial charge in [0, 0.05) is 37.6 Å². The van der Waals surface area contributed by atoms with Crippen molar-refractivity contribution in [3.05, 3.63) is 47.2 Å². The maximum absolute atomic E-state index is 17.8. The molecule has 0 radical (unpaired) electrons. The highest BCUT2D eigenvalue weighted by molar-refractivity contribution is 6.03. The van der Waals surface area contributed by atoms with E-state index in [4.69, 9.17) is 40.3 Å². The molecule has 6 atom stereocenters. The van der Waals surface area contributed by atoms with E-state index < -0.39 is 28.9 Å². The zero-order chi connectivity index (χ0) is 40.7. The summed E-state index contributed by atoms with van der Waals surface area (Å²) in [6.45, 7) is 9.36. The molecule has 58 heavy (non-hydrogen) atoms. The number of hydrogen-bond donors (Lipinski definition) is 0. The highest BCUT2D eigenvalue weighted by Gasteiger charge is 2.54. The second kappa shape index (κ2) is 14.4. The molecule has 14 heteroatoms. The number of methoxy groups -OCH3 is 1. The minimum atomic E-state index is -0.959. The monoisotopic (exact) mass is 798 g/mol. The van der Waals surface area contributed by atoms with Crippen LogP contribution in [-0.2, 0) is 15.9 Å². The second-order valence-electron chi connectivity index (χ2n) is 17.5. The molecule has 2 aromatic heterocycles. The van der Waals surface area contributed by atoms with E-state index in [1.807, 2.05) is 25.7 Å². The lowest BCUT2D eigenvalue weighted by Gasteiger charge is -2.49. The summed E-state index contributed by atoms with van der Waals surface area (Å²) in [5.74, 6) is 1.89. The van der Waals surface area contributed by atoms with Gasteiger partial charge in [-0.1, -0.05) is 25.3 Å².